The Hall–Kier alpha value is -3.21. The molecule has 4 nitrogen and oxygen atoms in total. The number of ketones is 1. The number of ether oxygens (including phenoxy) is 2. The van der Waals surface area contributed by atoms with E-state index in [0.717, 1.165) is 0 Å². The first-order valence-electron chi connectivity index (χ1n) is 7.00. The fourth-order valence-corrected chi connectivity index (χ4v) is 1.89. The highest BCUT2D eigenvalue weighted by Crippen LogP contribution is 2.23. The molecule has 0 saturated carbocycles. The predicted octanol–water partition coefficient (Wildman–Crippen LogP) is 2.87. The summed E-state index contributed by atoms with van der Waals surface area (Å²) in [6.07, 6.45) is 9.16. The molecular weight excluding hydrogens is 304 g/mol. The standard InChI is InChI=1S/C10H10O2.C10H8O2/c2*1-3-9(11)8-6-4-5-7-10(8)12-2/h1,4-7,9,11H,2H3;1,4-7H,2H3. The van der Waals surface area contributed by atoms with Crippen LogP contribution in [0.5, 0.6) is 11.5 Å². The minimum atomic E-state index is -0.888. The number of benzene rings is 2. The molecule has 0 spiro atoms. The largest absolute Gasteiger partial charge is 0.496 e. The van der Waals surface area contributed by atoms with Gasteiger partial charge in [-0.05, 0) is 24.1 Å². The lowest BCUT2D eigenvalue weighted by atomic mass is 10.1. The van der Waals surface area contributed by atoms with Gasteiger partial charge in [-0.25, -0.2) is 0 Å². The number of hydrogen-bond donors (Lipinski definition) is 1. The number of para-hydroxylation sites is 2. The van der Waals surface area contributed by atoms with E-state index in [1.54, 1.807) is 49.6 Å². The molecular formula is C20H18O4. The minimum Gasteiger partial charge on any atom is -0.496 e. The molecule has 2 aromatic rings. The lowest BCUT2D eigenvalue weighted by Gasteiger charge is -2.08. The molecule has 4 heteroatoms. The monoisotopic (exact) mass is 322 g/mol. The second-order valence-electron chi connectivity index (χ2n) is 4.48. The van der Waals surface area contributed by atoms with E-state index in [4.69, 9.17) is 22.3 Å². The van der Waals surface area contributed by atoms with Crippen LogP contribution in [0.4, 0.5) is 0 Å². The number of Topliss-reactive ketones (excluding diaryl/α,β-unsaturated/α-hetero) is 1. The van der Waals surface area contributed by atoms with Gasteiger partial charge in [-0.1, -0.05) is 36.3 Å². The van der Waals surface area contributed by atoms with Crippen LogP contribution in [0.3, 0.4) is 0 Å². The molecule has 2 aromatic carbocycles. The van der Waals surface area contributed by atoms with E-state index in [0.29, 0.717) is 22.6 Å². The van der Waals surface area contributed by atoms with E-state index in [-0.39, 0.29) is 5.78 Å². The van der Waals surface area contributed by atoms with Crippen LogP contribution < -0.4 is 9.47 Å². The molecule has 1 atom stereocenters. The highest BCUT2D eigenvalue weighted by atomic mass is 16.5. The van der Waals surface area contributed by atoms with Crippen molar-refractivity contribution in [3.8, 4) is 36.2 Å². The number of methoxy groups -OCH3 is 2. The summed E-state index contributed by atoms with van der Waals surface area (Å²) in [6.45, 7) is 0. The van der Waals surface area contributed by atoms with E-state index < -0.39 is 6.10 Å². The van der Waals surface area contributed by atoms with Crippen LogP contribution in [0.15, 0.2) is 48.5 Å². The maximum Gasteiger partial charge on any atom is 0.239 e. The van der Waals surface area contributed by atoms with Crippen LogP contribution >= 0.6 is 0 Å². The number of terminal acetylenes is 2. The minimum absolute atomic E-state index is 0.354. The summed E-state index contributed by atoms with van der Waals surface area (Å²) in [5.74, 6) is 5.04. The Morgan fingerprint density at radius 1 is 1.00 bits per heavy atom. The molecule has 0 saturated heterocycles. The van der Waals surface area contributed by atoms with Gasteiger partial charge in [0, 0.05) is 5.56 Å². The summed E-state index contributed by atoms with van der Waals surface area (Å²) in [6, 6.07) is 14.0. The normalized spacial score (nSPS) is 10.2. The van der Waals surface area contributed by atoms with Crippen molar-refractivity contribution >= 4 is 5.78 Å². The van der Waals surface area contributed by atoms with Gasteiger partial charge in [0.2, 0.25) is 5.78 Å². The van der Waals surface area contributed by atoms with Gasteiger partial charge in [0.15, 0.2) is 0 Å². The Bertz CT molecular complexity index is 766. The highest BCUT2D eigenvalue weighted by molar-refractivity contribution is 6.10. The summed E-state index contributed by atoms with van der Waals surface area (Å²) in [7, 11) is 3.05. The Morgan fingerprint density at radius 2 is 1.54 bits per heavy atom. The molecule has 1 N–H and O–H groups in total. The van der Waals surface area contributed by atoms with Gasteiger partial charge in [0.05, 0.1) is 19.8 Å². The van der Waals surface area contributed by atoms with Gasteiger partial charge in [0.25, 0.3) is 0 Å². The van der Waals surface area contributed by atoms with Crippen molar-refractivity contribution in [1.82, 2.24) is 0 Å². The smallest absolute Gasteiger partial charge is 0.239 e. The van der Waals surface area contributed by atoms with Crippen molar-refractivity contribution < 1.29 is 19.4 Å². The zero-order valence-corrected chi connectivity index (χ0v) is 13.5. The lowest BCUT2D eigenvalue weighted by molar-refractivity contribution is 0.105. The van der Waals surface area contributed by atoms with Crippen molar-refractivity contribution in [2.75, 3.05) is 14.2 Å². The lowest BCUT2D eigenvalue weighted by Crippen LogP contribution is -1.98. The first-order valence-corrected chi connectivity index (χ1v) is 7.00. The number of aliphatic hydroxyl groups is 1. The molecule has 0 heterocycles. The van der Waals surface area contributed by atoms with Gasteiger partial charge in [0.1, 0.15) is 17.6 Å². The molecule has 0 aliphatic carbocycles. The van der Waals surface area contributed by atoms with Gasteiger partial charge in [-0.15, -0.1) is 12.8 Å². The van der Waals surface area contributed by atoms with Gasteiger partial charge < -0.3 is 14.6 Å². The van der Waals surface area contributed by atoms with Crippen LogP contribution in [-0.4, -0.2) is 25.1 Å². The average Bonchev–Trinajstić information content (AvgIpc) is 2.67. The van der Waals surface area contributed by atoms with E-state index in [9.17, 15) is 9.90 Å². The van der Waals surface area contributed by atoms with E-state index in [2.05, 4.69) is 5.92 Å². The fraction of sp³-hybridized carbons (Fsp3) is 0.150. The molecule has 0 bridgehead atoms. The molecule has 0 aromatic heterocycles. The maximum absolute atomic E-state index is 11.1. The summed E-state index contributed by atoms with van der Waals surface area (Å²) < 4.78 is 9.96. The van der Waals surface area contributed by atoms with Crippen LogP contribution in [-0.2, 0) is 0 Å². The Balaban J connectivity index is 0.000000240. The zero-order valence-electron chi connectivity index (χ0n) is 13.5. The third-order valence-corrected chi connectivity index (χ3v) is 3.07. The van der Waals surface area contributed by atoms with Crippen LogP contribution in [0, 0.1) is 24.7 Å². The Kier molecular flexibility index (Phi) is 7.64. The summed E-state index contributed by atoms with van der Waals surface area (Å²) in [5.41, 5.74) is 1.06. The third-order valence-electron chi connectivity index (χ3n) is 3.07. The number of hydrogen-bond acceptors (Lipinski definition) is 4. The van der Waals surface area contributed by atoms with E-state index in [1.165, 1.54) is 7.11 Å². The van der Waals surface area contributed by atoms with Crippen molar-refractivity contribution in [2.45, 2.75) is 6.10 Å². The second kappa shape index (κ2) is 9.74. The molecule has 0 amide bonds. The topological polar surface area (TPSA) is 55.8 Å². The van der Waals surface area contributed by atoms with Crippen molar-refractivity contribution in [1.29, 1.82) is 0 Å². The van der Waals surface area contributed by atoms with Crippen LogP contribution in [0.1, 0.15) is 22.0 Å². The molecule has 0 fully saturated rings. The molecule has 0 aliphatic heterocycles. The van der Waals surface area contributed by atoms with E-state index in [1.807, 2.05) is 12.0 Å². The second-order valence-corrected chi connectivity index (χ2v) is 4.48. The molecule has 2 rings (SSSR count). The number of rotatable bonds is 4. The quantitative estimate of drug-likeness (QED) is 0.534. The highest BCUT2D eigenvalue weighted by Gasteiger charge is 2.08. The SMILES string of the molecule is C#CC(=O)c1ccccc1OC.C#CC(O)c1ccccc1OC. The Labute approximate surface area is 142 Å². The average molecular weight is 322 g/mol. The molecule has 122 valence electrons. The van der Waals surface area contributed by atoms with Crippen LogP contribution in [0.25, 0.3) is 0 Å². The summed E-state index contributed by atoms with van der Waals surface area (Å²) >= 11 is 0. The third kappa shape index (κ3) is 4.91. The first kappa shape index (κ1) is 18.8. The molecule has 24 heavy (non-hydrogen) atoms. The van der Waals surface area contributed by atoms with Crippen LogP contribution in [0.2, 0.25) is 0 Å². The van der Waals surface area contributed by atoms with Crippen molar-refractivity contribution in [2.24, 2.45) is 0 Å². The zero-order chi connectivity index (χ0) is 17.9. The fourth-order valence-electron chi connectivity index (χ4n) is 1.89. The number of carbonyl (C=O) groups excluding carboxylic acids is 1. The predicted molar refractivity (Wildman–Crippen MR) is 92.9 cm³/mol. The maximum atomic E-state index is 11.1. The number of carbonyl (C=O) groups is 1. The van der Waals surface area contributed by atoms with Crippen molar-refractivity contribution in [3.05, 3.63) is 59.7 Å². The van der Waals surface area contributed by atoms with Crippen molar-refractivity contribution in [3.63, 3.8) is 0 Å². The Morgan fingerprint density at radius 3 is 2.08 bits per heavy atom. The molecule has 0 radical (unpaired) electrons. The first-order chi connectivity index (χ1) is 11.6. The number of aliphatic hydroxyl groups excluding tert-OH is 1. The molecule has 0 aliphatic rings. The molecule has 1 unspecified atom stereocenters. The summed E-state index contributed by atoms with van der Waals surface area (Å²) in [5, 5.41) is 9.33. The van der Waals surface area contributed by atoms with Gasteiger partial charge in [-0.2, -0.15) is 0 Å². The van der Waals surface area contributed by atoms with E-state index >= 15 is 0 Å². The summed E-state index contributed by atoms with van der Waals surface area (Å²) in [4.78, 5) is 11.1. The van der Waals surface area contributed by atoms with Gasteiger partial charge in [-0.3, -0.25) is 4.79 Å². The van der Waals surface area contributed by atoms with Gasteiger partial charge >= 0.3 is 0 Å².